The highest BCUT2D eigenvalue weighted by Crippen LogP contribution is 2.43. The molecule has 0 saturated carbocycles. The molecule has 1 atom stereocenters. The summed E-state index contributed by atoms with van der Waals surface area (Å²) < 4.78 is 13.6. The third-order valence-electron chi connectivity index (χ3n) is 9.18. The fourth-order valence-corrected chi connectivity index (χ4v) is 6.74. The minimum atomic E-state index is -0.620. The normalized spacial score (nSPS) is 22.8. The molecule has 0 aromatic heterocycles. The van der Waals surface area contributed by atoms with Crippen LogP contribution in [0.15, 0.2) is 48.0 Å². The Balaban J connectivity index is 1.09. The maximum Gasteiger partial charge on any atom is 0.255 e. The van der Waals surface area contributed by atoms with Crippen molar-refractivity contribution in [3.05, 3.63) is 76.1 Å². The Bertz CT molecular complexity index is 1470. The van der Waals surface area contributed by atoms with Crippen LogP contribution in [-0.4, -0.2) is 70.5 Å². The highest BCUT2D eigenvalue weighted by molar-refractivity contribution is 6.05. The van der Waals surface area contributed by atoms with Crippen molar-refractivity contribution in [3.63, 3.8) is 0 Å². The summed E-state index contributed by atoms with van der Waals surface area (Å²) in [7, 11) is 0. The summed E-state index contributed by atoms with van der Waals surface area (Å²) in [5.41, 5.74) is 5.51. The predicted octanol–water partition coefficient (Wildman–Crippen LogP) is 3.89. The largest absolute Gasteiger partial charge is 0.336 e. The molecule has 4 amide bonds. The SMILES string of the molecule is CC1(C)CCC(C(=O)N2CCN(Cc3ccc4c(c3)CN(C3CCC(=O)NC3=O)C4=O)CC2)=C(c2ccc(F)cc2)C1. The standard InChI is InChI=1S/C33H37FN4O4/c1-33(2)12-11-26(27(18-33)22-4-6-24(34)7-5-22)31(41)37-15-13-36(14-16-37)19-21-3-8-25-23(17-21)20-38(32(25)42)28-9-10-29(39)35-30(28)40/h3-8,17,28H,9-16,18-20H2,1-2H3,(H,35,39,40). The van der Waals surface area contributed by atoms with Crippen LogP contribution in [0.1, 0.15) is 73.0 Å². The van der Waals surface area contributed by atoms with E-state index in [4.69, 9.17) is 0 Å². The third kappa shape index (κ3) is 5.62. The van der Waals surface area contributed by atoms with Crippen LogP contribution in [0.4, 0.5) is 4.39 Å². The molecule has 0 bridgehead atoms. The summed E-state index contributed by atoms with van der Waals surface area (Å²) in [5.74, 6) is -1.05. The molecule has 1 N–H and O–H groups in total. The molecule has 2 fully saturated rings. The zero-order valence-electron chi connectivity index (χ0n) is 24.2. The van der Waals surface area contributed by atoms with Crippen LogP contribution in [0.5, 0.6) is 0 Å². The Morgan fingerprint density at radius 3 is 2.45 bits per heavy atom. The van der Waals surface area contributed by atoms with Gasteiger partial charge in [-0.2, -0.15) is 0 Å². The van der Waals surface area contributed by atoms with Gasteiger partial charge in [0, 0.05) is 56.8 Å². The number of carbonyl (C=O) groups excluding carboxylic acids is 4. The van der Waals surface area contributed by atoms with Gasteiger partial charge in [-0.25, -0.2) is 4.39 Å². The number of benzene rings is 2. The van der Waals surface area contributed by atoms with Crippen LogP contribution >= 0.6 is 0 Å². The van der Waals surface area contributed by atoms with Crippen molar-refractivity contribution in [1.82, 2.24) is 20.0 Å². The van der Waals surface area contributed by atoms with Gasteiger partial charge in [-0.3, -0.25) is 29.4 Å². The van der Waals surface area contributed by atoms with Crippen molar-refractivity contribution in [3.8, 4) is 0 Å². The van der Waals surface area contributed by atoms with Crippen molar-refractivity contribution in [2.45, 2.75) is 65.1 Å². The number of imide groups is 1. The summed E-state index contributed by atoms with van der Waals surface area (Å²) in [6.45, 7) is 8.27. The fourth-order valence-electron chi connectivity index (χ4n) is 6.74. The lowest BCUT2D eigenvalue weighted by Gasteiger charge is -2.38. The van der Waals surface area contributed by atoms with Gasteiger partial charge in [0.15, 0.2) is 0 Å². The molecule has 42 heavy (non-hydrogen) atoms. The lowest BCUT2D eigenvalue weighted by molar-refractivity contribution is -0.137. The average molecular weight is 573 g/mol. The Hall–Kier alpha value is -3.85. The van der Waals surface area contributed by atoms with Gasteiger partial charge in [0.25, 0.3) is 5.91 Å². The smallest absolute Gasteiger partial charge is 0.255 e. The van der Waals surface area contributed by atoms with E-state index in [9.17, 15) is 23.6 Å². The van der Waals surface area contributed by atoms with Gasteiger partial charge in [0.05, 0.1) is 0 Å². The molecule has 0 spiro atoms. The van der Waals surface area contributed by atoms with Gasteiger partial charge in [0.1, 0.15) is 11.9 Å². The van der Waals surface area contributed by atoms with E-state index in [0.29, 0.717) is 38.2 Å². The summed E-state index contributed by atoms with van der Waals surface area (Å²) >= 11 is 0. The zero-order chi connectivity index (χ0) is 29.6. The molecule has 9 heteroatoms. The Morgan fingerprint density at radius 1 is 1.00 bits per heavy atom. The van der Waals surface area contributed by atoms with Gasteiger partial charge in [-0.15, -0.1) is 0 Å². The average Bonchev–Trinajstić information content (AvgIpc) is 3.28. The first-order valence-electron chi connectivity index (χ1n) is 14.8. The summed E-state index contributed by atoms with van der Waals surface area (Å²) in [4.78, 5) is 56.5. The third-order valence-corrected chi connectivity index (χ3v) is 9.18. The van der Waals surface area contributed by atoms with Crippen LogP contribution in [-0.2, 0) is 27.5 Å². The van der Waals surface area contributed by atoms with Crippen molar-refractivity contribution >= 4 is 29.2 Å². The van der Waals surface area contributed by atoms with E-state index in [2.05, 4.69) is 24.1 Å². The van der Waals surface area contributed by atoms with Crippen LogP contribution in [0.25, 0.3) is 5.57 Å². The van der Waals surface area contributed by atoms with Gasteiger partial charge in [0.2, 0.25) is 17.7 Å². The maximum atomic E-state index is 13.7. The number of nitrogens with one attached hydrogen (secondary N) is 1. The number of carbonyl (C=O) groups is 4. The molecule has 3 aliphatic heterocycles. The highest BCUT2D eigenvalue weighted by atomic mass is 19.1. The molecular weight excluding hydrogens is 535 g/mol. The molecule has 2 aromatic carbocycles. The van der Waals surface area contributed by atoms with E-state index >= 15 is 0 Å². The van der Waals surface area contributed by atoms with Crippen molar-refractivity contribution in [1.29, 1.82) is 0 Å². The van der Waals surface area contributed by atoms with Crippen LogP contribution < -0.4 is 5.32 Å². The summed E-state index contributed by atoms with van der Waals surface area (Å²) in [5, 5.41) is 2.34. The number of fused-ring (bicyclic) bond motifs is 1. The second-order valence-electron chi connectivity index (χ2n) is 12.8. The highest BCUT2D eigenvalue weighted by Gasteiger charge is 2.39. The number of hydrogen-bond acceptors (Lipinski definition) is 5. The van der Waals surface area contributed by atoms with Crippen LogP contribution in [0.2, 0.25) is 0 Å². The Kier molecular flexibility index (Phi) is 7.47. The molecule has 8 nitrogen and oxygen atoms in total. The number of rotatable bonds is 5. The molecule has 2 saturated heterocycles. The minimum Gasteiger partial charge on any atom is -0.336 e. The zero-order valence-corrected chi connectivity index (χ0v) is 24.2. The van der Waals surface area contributed by atoms with E-state index in [-0.39, 0.29) is 35.4 Å². The topological polar surface area (TPSA) is 90.0 Å². The monoisotopic (exact) mass is 572 g/mol. The molecule has 6 rings (SSSR count). The molecule has 0 radical (unpaired) electrons. The number of allylic oxidation sites excluding steroid dienone is 1. The first-order valence-corrected chi connectivity index (χ1v) is 14.8. The maximum absolute atomic E-state index is 13.7. The summed E-state index contributed by atoms with van der Waals surface area (Å²) in [6, 6.07) is 11.7. The summed E-state index contributed by atoms with van der Waals surface area (Å²) in [6.07, 6.45) is 3.05. The molecular formula is C33H37FN4O4. The van der Waals surface area contributed by atoms with Crippen molar-refractivity contribution in [2.75, 3.05) is 26.2 Å². The lowest BCUT2D eigenvalue weighted by Crippen LogP contribution is -2.52. The second-order valence-corrected chi connectivity index (χ2v) is 12.8. The minimum absolute atomic E-state index is 0.0889. The van der Waals surface area contributed by atoms with E-state index in [1.807, 2.05) is 23.1 Å². The van der Waals surface area contributed by atoms with E-state index in [0.717, 1.165) is 60.2 Å². The van der Waals surface area contributed by atoms with E-state index < -0.39 is 11.9 Å². The predicted molar refractivity (Wildman–Crippen MR) is 155 cm³/mol. The van der Waals surface area contributed by atoms with Gasteiger partial charge in [-0.1, -0.05) is 38.1 Å². The lowest BCUT2D eigenvalue weighted by atomic mass is 9.72. The number of piperazine rings is 1. The molecule has 4 aliphatic rings. The number of hydrogen-bond donors (Lipinski definition) is 1. The Morgan fingerprint density at radius 2 is 1.74 bits per heavy atom. The molecule has 1 unspecified atom stereocenters. The molecule has 3 heterocycles. The number of piperidine rings is 1. The first-order chi connectivity index (χ1) is 20.1. The quantitative estimate of drug-likeness (QED) is 0.549. The first kappa shape index (κ1) is 28.3. The molecule has 220 valence electrons. The number of halogens is 1. The van der Waals surface area contributed by atoms with E-state index in [1.165, 1.54) is 12.1 Å². The van der Waals surface area contributed by atoms with Gasteiger partial charge in [-0.05, 0) is 71.6 Å². The van der Waals surface area contributed by atoms with Crippen molar-refractivity contribution in [2.24, 2.45) is 5.41 Å². The van der Waals surface area contributed by atoms with E-state index in [1.54, 1.807) is 17.0 Å². The Labute approximate surface area is 245 Å². The number of amides is 4. The molecule has 1 aliphatic carbocycles. The van der Waals surface area contributed by atoms with Crippen LogP contribution in [0.3, 0.4) is 0 Å². The molecule has 2 aromatic rings. The van der Waals surface area contributed by atoms with Crippen LogP contribution in [0, 0.1) is 11.2 Å². The van der Waals surface area contributed by atoms with Crippen molar-refractivity contribution < 1.29 is 23.6 Å². The second kappa shape index (κ2) is 11.1. The number of nitrogens with zero attached hydrogens (tertiary/aromatic N) is 3. The van der Waals surface area contributed by atoms with Gasteiger partial charge < -0.3 is 9.80 Å². The fraction of sp³-hybridized carbons (Fsp3) is 0.455. The van der Waals surface area contributed by atoms with Gasteiger partial charge >= 0.3 is 0 Å².